The quantitative estimate of drug-likeness (QED) is 0.172. The van der Waals surface area contributed by atoms with Crippen LogP contribution in [0.2, 0.25) is 0 Å². The monoisotopic (exact) mass is 716 g/mol. The van der Waals surface area contributed by atoms with Crippen LogP contribution in [0.25, 0.3) is 88.6 Å². The average Bonchev–Trinajstić information content (AvgIpc) is 3.74. The summed E-state index contributed by atoms with van der Waals surface area (Å²) in [5, 5.41) is 6.50. The van der Waals surface area contributed by atoms with E-state index >= 15 is 0 Å². The van der Waals surface area contributed by atoms with E-state index in [1.54, 1.807) is 0 Å². The third kappa shape index (κ3) is 4.38. The highest BCUT2D eigenvalue weighted by Crippen LogP contribution is 2.53. The summed E-state index contributed by atoms with van der Waals surface area (Å²) >= 11 is 0. The largest absolute Gasteiger partial charge is 0.329 e. The average molecular weight is 717 g/mol. The van der Waals surface area contributed by atoms with Gasteiger partial charge in [0, 0.05) is 56.0 Å². The second-order valence-corrected chi connectivity index (χ2v) is 16.3. The molecule has 9 aromatic rings. The molecule has 56 heavy (non-hydrogen) atoms. The van der Waals surface area contributed by atoms with Gasteiger partial charge >= 0.3 is 0 Å². The summed E-state index contributed by atoms with van der Waals surface area (Å²) in [4.78, 5) is 0. The maximum absolute atomic E-state index is 2.65. The van der Waals surface area contributed by atoms with Crippen LogP contribution >= 0.6 is 0 Å². The van der Waals surface area contributed by atoms with Crippen LogP contribution in [0.1, 0.15) is 48.9 Å². The lowest BCUT2D eigenvalue weighted by Crippen LogP contribution is -2.34. The van der Waals surface area contributed by atoms with E-state index < -0.39 is 0 Å². The molecule has 0 bridgehead atoms. The molecule has 3 aliphatic rings. The van der Waals surface area contributed by atoms with Crippen molar-refractivity contribution in [3.8, 4) is 39.1 Å². The van der Waals surface area contributed by atoms with E-state index in [1.165, 1.54) is 99.4 Å². The van der Waals surface area contributed by atoms with Gasteiger partial charge in [0.05, 0.1) is 16.6 Å². The minimum Gasteiger partial charge on any atom is -0.329 e. The molecule has 0 N–H and O–H groups in total. The van der Waals surface area contributed by atoms with Crippen LogP contribution in [-0.2, 0) is 5.54 Å². The van der Waals surface area contributed by atoms with Crippen molar-refractivity contribution in [3.63, 3.8) is 0 Å². The molecule has 266 valence electrons. The zero-order valence-electron chi connectivity index (χ0n) is 31.6. The predicted molar refractivity (Wildman–Crippen MR) is 237 cm³/mol. The summed E-state index contributed by atoms with van der Waals surface area (Å²) in [6, 6.07) is 54.7. The molecule has 2 aliphatic carbocycles. The maximum Gasteiger partial charge on any atom is 0.0712 e. The summed E-state index contributed by atoms with van der Waals surface area (Å²) in [5.74, 6) is 0.618. The van der Waals surface area contributed by atoms with Crippen molar-refractivity contribution in [2.75, 3.05) is 0 Å². The van der Waals surface area contributed by atoms with Crippen LogP contribution in [0.3, 0.4) is 0 Å². The number of hydrogen-bond acceptors (Lipinski definition) is 0. The number of fused-ring (bicyclic) bond motifs is 12. The Bertz CT molecular complexity index is 3180. The third-order valence-corrected chi connectivity index (χ3v) is 13.1. The van der Waals surface area contributed by atoms with Crippen LogP contribution < -0.4 is 0 Å². The van der Waals surface area contributed by atoms with E-state index in [1.807, 2.05) is 0 Å². The normalized spacial score (nSPS) is 19.4. The van der Waals surface area contributed by atoms with E-state index in [-0.39, 0.29) is 11.5 Å². The second kappa shape index (κ2) is 11.7. The van der Waals surface area contributed by atoms with Gasteiger partial charge < -0.3 is 9.13 Å². The molecule has 3 atom stereocenters. The molecule has 3 heterocycles. The number of aromatic nitrogens is 2. The van der Waals surface area contributed by atoms with Crippen molar-refractivity contribution < 1.29 is 0 Å². The van der Waals surface area contributed by atoms with Gasteiger partial charge in [-0.15, -0.1) is 0 Å². The smallest absolute Gasteiger partial charge is 0.0712 e. The van der Waals surface area contributed by atoms with Gasteiger partial charge in [-0.25, -0.2) is 0 Å². The highest BCUT2D eigenvalue weighted by atomic mass is 15.1. The van der Waals surface area contributed by atoms with Gasteiger partial charge in [0.15, 0.2) is 0 Å². The fourth-order valence-electron chi connectivity index (χ4n) is 10.5. The minimum absolute atomic E-state index is 0.195. The Labute approximate surface area is 327 Å². The lowest BCUT2D eigenvalue weighted by atomic mass is 9.75. The third-order valence-electron chi connectivity index (χ3n) is 13.1. The van der Waals surface area contributed by atoms with E-state index in [9.17, 15) is 0 Å². The second-order valence-electron chi connectivity index (χ2n) is 16.3. The van der Waals surface area contributed by atoms with E-state index in [0.717, 1.165) is 6.42 Å². The van der Waals surface area contributed by atoms with E-state index in [4.69, 9.17) is 0 Å². The first-order chi connectivity index (χ1) is 27.5. The highest BCUT2D eigenvalue weighted by Gasteiger charge is 2.41. The van der Waals surface area contributed by atoms with Gasteiger partial charge in [-0.05, 0) is 106 Å². The molecule has 0 fully saturated rings. The Kier molecular flexibility index (Phi) is 6.61. The van der Waals surface area contributed by atoms with Crippen LogP contribution in [0.15, 0.2) is 176 Å². The lowest BCUT2D eigenvalue weighted by Gasteiger charge is -2.38. The topological polar surface area (TPSA) is 9.86 Å². The SMILES string of the molecule is CC1CC=Cc2c1n(-c1ccc(-c3ccccc3)cc1)c1ccc(-c3ccc4c(c3)c3cccc5c3n4C3(C)C=CC=CC3c3cc4ccccc4cc3-5)cc21. The van der Waals surface area contributed by atoms with Gasteiger partial charge in [-0.3, -0.25) is 0 Å². The summed E-state index contributed by atoms with van der Waals surface area (Å²) < 4.78 is 5.17. The molecule has 7 aromatic carbocycles. The Morgan fingerprint density at radius 1 is 0.589 bits per heavy atom. The highest BCUT2D eigenvalue weighted by molar-refractivity contribution is 6.15. The van der Waals surface area contributed by atoms with Gasteiger partial charge in [0.25, 0.3) is 0 Å². The number of allylic oxidation sites excluding steroid dienone is 5. The van der Waals surface area contributed by atoms with Gasteiger partial charge in [-0.2, -0.15) is 0 Å². The Hall–Kier alpha value is -6.64. The van der Waals surface area contributed by atoms with E-state index in [2.05, 4.69) is 205 Å². The van der Waals surface area contributed by atoms with Crippen LogP contribution in [0, 0.1) is 0 Å². The fourth-order valence-corrected chi connectivity index (χ4v) is 10.5. The summed E-state index contributed by atoms with van der Waals surface area (Å²) in [5.41, 5.74) is 16.6. The molecule has 0 amide bonds. The van der Waals surface area contributed by atoms with Crippen molar-refractivity contribution in [1.29, 1.82) is 0 Å². The molecular formula is C54H40N2. The number of benzene rings is 7. The van der Waals surface area contributed by atoms with Crippen molar-refractivity contribution in [1.82, 2.24) is 9.13 Å². The zero-order valence-corrected chi connectivity index (χ0v) is 31.6. The van der Waals surface area contributed by atoms with E-state index in [0.29, 0.717) is 5.92 Å². The van der Waals surface area contributed by atoms with Crippen LogP contribution in [0.4, 0.5) is 0 Å². The molecule has 0 spiro atoms. The molecule has 0 radical (unpaired) electrons. The summed E-state index contributed by atoms with van der Waals surface area (Å²) in [7, 11) is 0. The van der Waals surface area contributed by atoms with Crippen molar-refractivity contribution in [2.45, 2.75) is 37.6 Å². The first kappa shape index (κ1) is 31.7. The molecular weight excluding hydrogens is 677 g/mol. The predicted octanol–water partition coefficient (Wildman–Crippen LogP) is 14.4. The molecule has 1 aliphatic heterocycles. The molecule has 2 heteroatoms. The van der Waals surface area contributed by atoms with Crippen molar-refractivity contribution in [3.05, 3.63) is 193 Å². The molecule has 2 aromatic heterocycles. The molecule has 2 nitrogen and oxygen atoms in total. The zero-order chi connectivity index (χ0) is 37.1. The number of para-hydroxylation sites is 1. The maximum atomic E-state index is 2.65. The first-order valence-electron chi connectivity index (χ1n) is 20.0. The van der Waals surface area contributed by atoms with Gasteiger partial charge in [-0.1, -0.05) is 140 Å². The molecule has 12 rings (SSSR count). The Morgan fingerprint density at radius 2 is 1.30 bits per heavy atom. The minimum atomic E-state index is -0.275. The van der Waals surface area contributed by atoms with Crippen LogP contribution in [0.5, 0.6) is 0 Å². The Balaban J connectivity index is 1.05. The number of rotatable bonds is 3. The standard InChI is InChI=1S/C54H40N2/c1-34-12-10-17-43-47-32-39(23-27-50(47)55(52(34)43)41-25-21-36(22-26-41)35-13-4-3-5-14-35)40-24-28-51-48(33-40)44-19-11-18-42-45-30-37-15-6-7-16-38(37)31-46(45)49-20-8-9-29-54(49,2)56(51)53(42)44/h3-11,13-34,49H,12H2,1-2H3. The molecule has 3 unspecified atom stereocenters. The summed E-state index contributed by atoms with van der Waals surface area (Å²) in [6.45, 7) is 4.80. The summed E-state index contributed by atoms with van der Waals surface area (Å²) in [6.07, 6.45) is 15.1. The molecule has 0 saturated heterocycles. The van der Waals surface area contributed by atoms with Gasteiger partial charge in [0.1, 0.15) is 0 Å². The fraction of sp³-hybridized carbons (Fsp3) is 0.111. The number of nitrogens with zero attached hydrogens (tertiary/aromatic N) is 2. The molecule has 0 saturated carbocycles. The Morgan fingerprint density at radius 3 is 2.12 bits per heavy atom. The van der Waals surface area contributed by atoms with Crippen molar-refractivity contribution in [2.24, 2.45) is 0 Å². The number of hydrogen-bond donors (Lipinski definition) is 0. The lowest BCUT2D eigenvalue weighted by molar-refractivity contribution is 0.390. The van der Waals surface area contributed by atoms with Crippen molar-refractivity contribution >= 4 is 49.6 Å². The first-order valence-corrected chi connectivity index (χ1v) is 20.0. The van der Waals surface area contributed by atoms with Crippen LogP contribution in [-0.4, -0.2) is 9.13 Å². The van der Waals surface area contributed by atoms with Gasteiger partial charge in [0.2, 0.25) is 0 Å².